The molecular weight excluding hydrogens is 200 g/mol. The number of benzene rings is 1. The lowest BCUT2D eigenvalue weighted by Crippen LogP contribution is -2.20. The van der Waals surface area contributed by atoms with E-state index in [0.29, 0.717) is 0 Å². The van der Waals surface area contributed by atoms with E-state index < -0.39 is 16.7 Å². The van der Waals surface area contributed by atoms with Crippen molar-refractivity contribution in [1.29, 1.82) is 0 Å². The number of nitrogens with one attached hydrogen (secondary N) is 1. The molecule has 1 aromatic carbocycles. The van der Waals surface area contributed by atoms with Crippen LogP contribution in [-0.4, -0.2) is 16.7 Å². The molecule has 0 fully saturated rings. The number of carbonyl (C=O) groups excluding carboxylic acids is 2. The second-order valence-electron chi connectivity index (χ2n) is 3.17. The fraction of sp³-hybridized carbons (Fsp3) is 0.111. The molecule has 0 saturated carbocycles. The number of imide groups is 1. The van der Waals surface area contributed by atoms with Crippen LogP contribution in [0.1, 0.15) is 26.3 Å². The fourth-order valence-corrected chi connectivity index (χ4v) is 1.61. The van der Waals surface area contributed by atoms with Gasteiger partial charge in [-0.25, -0.2) is 0 Å². The molecule has 2 rings (SSSR count). The van der Waals surface area contributed by atoms with Crippen LogP contribution in [0, 0.1) is 17.0 Å². The Morgan fingerprint density at radius 3 is 2.53 bits per heavy atom. The molecule has 1 aliphatic heterocycles. The van der Waals surface area contributed by atoms with Crippen LogP contribution in [-0.2, 0) is 0 Å². The Bertz CT molecular complexity index is 507. The molecule has 0 bridgehead atoms. The van der Waals surface area contributed by atoms with Crippen molar-refractivity contribution in [2.45, 2.75) is 6.92 Å². The van der Waals surface area contributed by atoms with Crippen LogP contribution in [0.5, 0.6) is 0 Å². The summed E-state index contributed by atoms with van der Waals surface area (Å²) < 4.78 is 0. The molecule has 0 radical (unpaired) electrons. The van der Waals surface area contributed by atoms with Crippen LogP contribution in [0.4, 0.5) is 5.69 Å². The van der Waals surface area contributed by atoms with Crippen LogP contribution >= 0.6 is 0 Å². The third-order valence-electron chi connectivity index (χ3n) is 2.33. The van der Waals surface area contributed by atoms with Gasteiger partial charge in [0, 0.05) is 11.6 Å². The molecule has 0 unspecified atom stereocenters. The molecule has 0 aliphatic carbocycles. The standard InChI is InChI=1S/C9H6N2O4/c1-4-6(11(14)15)3-2-5-7(4)9(13)10-8(5)12/h2-3H,1H3,(H,10,12,13). The third kappa shape index (κ3) is 1.18. The van der Waals surface area contributed by atoms with Gasteiger partial charge in [-0.2, -0.15) is 0 Å². The van der Waals surface area contributed by atoms with Crippen molar-refractivity contribution in [2.75, 3.05) is 0 Å². The molecule has 1 aliphatic rings. The lowest BCUT2D eigenvalue weighted by atomic mass is 10.0. The molecule has 15 heavy (non-hydrogen) atoms. The van der Waals surface area contributed by atoms with E-state index in [-0.39, 0.29) is 22.4 Å². The number of hydrogen-bond acceptors (Lipinski definition) is 4. The van der Waals surface area contributed by atoms with Crippen LogP contribution in [0.3, 0.4) is 0 Å². The van der Waals surface area contributed by atoms with E-state index in [2.05, 4.69) is 5.32 Å². The first-order chi connectivity index (χ1) is 7.02. The second kappa shape index (κ2) is 2.88. The molecule has 0 atom stereocenters. The van der Waals surface area contributed by atoms with Crippen LogP contribution in [0.2, 0.25) is 0 Å². The highest BCUT2D eigenvalue weighted by molar-refractivity contribution is 6.22. The van der Waals surface area contributed by atoms with Gasteiger partial charge in [0.1, 0.15) is 0 Å². The van der Waals surface area contributed by atoms with Gasteiger partial charge in [0.15, 0.2) is 0 Å². The van der Waals surface area contributed by atoms with Gasteiger partial charge in [-0.05, 0) is 13.0 Å². The second-order valence-corrected chi connectivity index (χ2v) is 3.17. The molecule has 1 N–H and O–H groups in total. The Morgan fingerprint density at radius 2 is 1.93 bits per heavy atom. The zero-order valence-electron chi connectivity index (χ0n) is 7.73. The molecular formula is C9H6N2O4. The molecule has 2 amide bonds. The molecule has 0 spiro atoms. The summed E-state index contributed by atoms with van der Waals surface area (Å²) in [6.45, 7) is 1.45. The first-order valence-corrected chi connectivity index (χ1v) is 4.16. The Labute approximate surface area is 84.0 Å². The number of hydrogen-bond donors (Lipinski definition) is 1. The van der Waals surface area contributed by atoms with Gasteiger partial charge in [-0.1, -0.05) is 0 Å². The largest absolute Gasteiger partial charge is 0.288 e. The van der Waals surface area contributed by atoms with Gasteiger partial charge in [0.25, 0.3) is 17.5 Å². The summed E-state index contributed by atoms with van der Waals surface area (Å²) >= 11 is 0. The van der Waals surface area contributed by atoms with Crippen LogP contribution < -0.4 is 5.32 Å². The van der Waals surface area contributed by atoms with Crippen LogP contribution in [0.25, 0.3) is 0 Å². The lowest BCUT2D eigenvalue weighted by molar-refractivity contribution is -0.385. The number of fused-ring (bicyclic) bond motifs is 1. The number of nitro benzene ring substituents is 1. The predicted molar refractivity (Wildman–Crippen MR) is 49.6 cm³/mol. The highest BCUT2D eigenvalue weighted by Crippen LogP contribution is 2.27. The smallest absolute Gasteiger partial charge is 0.273 e. The zero-order valence-corrected chi connectivity index (χ0v) is 7.73. The number of carbonyl (C=O) groups is 2. The summed E-state index contributed by atoms with van der Waals surface area (Å²) in [5, 5.41) is 12.7. The summed E-state index contributed by atoms with van der Waals surface area (Å²) in [4.78, 5) is 32.5. The van der Waals surface area contributed by atoms with E-state index in [0.717, 1.165) is 0 Å². The van der Waals surface area contributed by atoms with Crippen molar-refractivity contribution >= 4 is 17.5 Å². The predicted octanol–water partition coefficient (Wildman–Crippen LogP) is 0.787. The number of nitrogens with zero attached hydrogens (tertiary/aromatic N) is 1. The molecule has 6 heteroatoms. The molecule has 6 nitrogen and oxygen atoms in total. The molecule has 0 aromatic heterocycles. The minimum absolute atomic E-state index is 0.106. The zero-order chi connectivity index (χ0) is 11.2. The molecule has 0 saturated heterocycles. The van der Waals surface area contributed by atoms with E-state index in [9.17, 15) is 19.7 Å². The highest BCUT2D eigenvalue weighted by Gasteiger charge is 2.31. The van der Waals surface area contributed by atoms with Gasteiger partial charge in [-0.3, -0.25) is 25.0 Å². The van der Waals surface area contributed by atoms with E-state index in [4.69, 9.17) is 0 Å². The van der Waals surface area contributed by atoms with Crippen molar-refractivity contribution in [2.24, 2.45) is 0 Å². The van der Waals surface area contributed by atoms with E-state index in [1.165, 1.54) is 19.1 Å². The molecule has 1 aromatic rings. The Hall–Kier alpha value is -2.24. The minimum Gasteiger partial charge on any atom is -0.288 e. The average molecular weight is 206 g/mol. The first kappa shape index (κ1) is 9.32. The topological polar surface area (TPSA) is 89.3 Å². The number of amides is 2. The monoisotopic (exact) mass is 206 g/mol. The van der Waals surface area contributed by atoms with Gasteiger partial charge in [-0.15, -0.1) is 0 Å². The van der Waals surface area contributed by atoms with Crippen molar-refractivity contribution in [3.8, 4) is 0 Å². The Morgan fingerprint density at radius 1 is 1.27 bits per heavy atom. The lowest BCUT2D eigenvalue weighted by Gasteiger charge is -2.00. The average Bonchev–Trinajstić information content (AvgIpc) is 2.43. The van der Waals surface area contributed by atoms with Crippen molar-refractivity contribution in [3.05, 3.63) is 38.9 Å². The van der Waals surface area contributed by atoms with Crippen molar-refractivity contribution in [1.82, 2.24) is 5.32 Å². The Balaban J connectivity index is 2.74. The van der Waals surface area contributed by atoms with E-state index in [1.807, 2.05) is 0 Å². The third-order valence-corrected chi connectivity index (χ3v) is 2.33. The van der Waals surface area contributed by atoms with E-state index in [1.54, 1.807) is 0 Å². The number of rotatable bonds is 1. The summed E-state index contributed by atoms with van der Waals surface area (Å²) in [5.41, 5.74) is 0.372. The van der Waals surface area contributed by atoms with Crippen LogP contribution in [0.15, 0.2) is 12.1 Å². The summed E-state index contributed by atoms with van der Waals surface area (Å²) in [5.74, 6) is -1.08. The highest BCUT2D eigenvalue weighted by atomic mass is 16.6. The maximum absolute atomic E-state index is 11.3. The van der Waals surface area contributed by atoms with E-state index >= 15 is 0 Å². The Kier molecular flexibility index (Phi) is 1.79. The SMILES string of the molecule is Cc1c([N+](=O)[O-])ccc2c1C(=O)NC2=O. The van der Waals surface area contributed by atoms with Crippen molar-refractivity contribution in [3.63, 3.8) is 0 Å². The fourth-order valence-electron chi connectivity index (χ4n) is 1.61. The summed E-state index contributed by atoms with van der Waals surface area (Å²) in [7, 11) is 0. The normalized spacial score (nSPS) is 13.7. The van der Waals surface area contributed by atoms with Gasteiger partial charge in [0.05, 0.1) is 16.1 Å². The number of nitro groups is 1. The maximum Gasteiger partial charge on any atom is 0.273 e. The minimum atomic E-state index is -0.578. The quantitative estimate of drug-likeness (QED) is 0.417. The van der Waals surface area contributed by atoms with Crippen molar-refractivity contribution < 1.29 is 14.5 Å². The van der Waals surface area contributed by atoms with Gasteiger partial charge >= 0.3 is 0 Å². The van der Waals surface area contributed by atoms with Gasteiger partial charge < -0.3 is 0 Å². The summed E-state index contributed by atoms with van der Waals surface area (Å²) in [6, 6.07) is 2.52. The molecule has 76 valence electrons. The summed E-state index contributed by atoms with van der Waals surface area (Å²) in [6.07, 6.45) is 0. The van der Waals surface area contributed by atoms with Gasteiger partial charge in [0.2, 0.25) is 0 Å². The molecule has 1 heterocycles. The maximum atomic E-state index is 11.3. The first-order valence-electron chi connectivity index (χ1n) is 4.16.